The fourth-order valence-corrected chi connectivity index (χ4v) is 1.24. The Labute approximate surface area is 89.4 Å². The fraction of sp³-hybridized carbons (Fsp3) is 0. The standard InChI is InChI=1S/C10H7NO5/c12-7-3-1-2-5(9(7)13)6-4-8(10(14)15)16-11-6/h1-4,12-13H,(H,14,15). The van der Waals surface area contributed by atoms with Crippen molar-refractivity contribution >= 4 is 5.97 Å². The van der Waals surface area contributed by atoms with Crippen molar-refractivity contribution in [3.8, 4) is 22.8 Å². The van der Waals surface area contributed by atoms with Gasteiger partial charge < -0.3 is 19.8 Å². The van der Waals surface area contributed by atoms with E-state index in [1.165, 1.54) is 18.2 Å². The summed E-state index contributed by atoms with van der Waals surface area (Å²) in [4.78, 5) is 10.6. The van der Waals surface area contributed by atoms with Crippen LogP contribution in [0.1, 0.15) is 10.6 Å². The third-order valence-electron chi connectivity index (χ3n) is 2.01. The molecule has 0 spiro atoms. The second-order valence-corrected chi connectivity index (χ2v) is 3.05. The Morgan fingerprint density at radius 2 is 2.06 bits per heavy atom. The molecule has 3 N–H and O–H groups in total. The highest BCUT2D eigenvalue weighted by molar-refractivity contribution is 5.86. The van der Waals surface area contributed by atoms with E-state index in [0.29, 0.717) is 0 Å². The van der Waals surface area contributed by atoms with Crippen molar-refractivity contribution in [1.29, 1.82) is 0 Å². The quantitative estimate of drug-likeness (QED) is 0.663. The molecule has 0 bridgehead atoms. The number of hydrogen-bond acceptors (Lipinski definition) is 5. The molecule has 0 atom stereocenters. The number of carboxylic acid groups (broad SMARTS) is 1. The Balaban J connectivity index is 2.50. The van der Waals surface area contributed by atoms with E-state index in [1.54, 1.807) is 0 Å². The third-order valence-corrected chi connectivity index (χ3v) is 2.01. The first-order chi connectivity index (χ1) is 7.59. The lowest BCUT2D eigenvalue weighted by molar-refractivity contribution is 0.0652. The van der Waals surface area contributed by atoms with Crippen LogP contribution in [0.4, 0.5) is 0 Å². The van der Waals surface area contributed by atoms with Gasteiger partial charge in [0, 0.05) is 11.6 Å². The maximum atomic E-state index is 10.6. The van der Waals surface area contributed by atoms with E-state index in [2.05, 4.69) is 9.68 Å². The molecule has 2 aromatic rings. The van der Waals surface area contributed by atoms with Gasteiger partial charge >= 0.3 is 5.97 Å². The number of aromatic carboxylic acids is 1. The molecular formula is C10H7NO5. The van der Waals surface area contributed by atoms with Crippen molar-refractivity contribution in [3.63, 3.8) is 0 Å². The summed E-state index contributed by atoms with van der Waals surface area (Å²) in [6.45, 7) is 0. The molecule has 82 valence electrons. The van der Waals surface area contributed by atoms with Gasteiger partial charge in [0.15, 0.2) is 11.5 Å². The van der Waals surface area contributed by atoms with Crippen molar-refractivity contribution in [2.24, 2.45) is 0 Å². The summed E-state index contributed by atoms with van der Waals surface area (Å²) >= 11 is 0. The predicted octanol–water partition coefficient (Wildman–Crippen LogP) is 1.45. The summed E-state index contributed by atoms with van der Waals surface area (Å²) in [5.41, 5.74) is 0.349. The minimum absolute atomic E-state index is 0.144. The number of nitrogens with zero attached hydrogens (tertiary/aromatic N) is 1. The van der Waals surface area contributed by atoms with Crippen molar-refractivity contribution in [3.05, 3.63) is 30.0 Å². The van der Waals surface area contributed by atoms with Crippen LogP contribution < -0.4 is 0 Å². The molecule has 16 heavy (non-hydrogen) atoms. The summed E-state index contributed by atoms with van der Waals surface area (Å²) in [7, 11) is 0. The molecule has 0 saturated heterocycles. The predicted molar refractivity (Wildman–Crippen MR) is 52.2 cm³/mol. The molecule has 0 radical (unpaired) electrons. The number of aromatic nitrogens is 1. The summed E-state index contributed by atoms with van der Waals surface area (Å²) in [6.07, 6.45) is 0. The number of phenolic OH excluding ortho intramolecular Hbond substituents is 2. The highest BCUT2D eigenvalue weighted by Crippen LogP contribution is 2.35. The molecule has 0 fully saturated rings. The number of para-hydroxylation sites is 1. The van der Waals surface area contributed by atoms with E-state index in [4.69, 9.17) is 5.11 Å². The van der Waals surface area contributed by atoms with Gasteiger partial charge in [0.1, 0.15) is 5.69 Å². The summed E-state index contributed by atoms with van der Waals surface area (Å²) in [5, 5.41) is 30.9. The average Bonchev–Trinajstić information content (AvgIpc) is 2.71. The van der Waals surface area contributed by atoms with E-state index >= 15 is 0 Å². The number of carboxylic acids is 1. The molecule has 0 saturated carbocycles. The van der Waals surface area contributed by atoms with Crippen molar-refractivity contribution in [2.45, 2.75) is 0 Å². The molecule has 0 amide bonds. The van der Waals surface area contributed by atoms with Crippen molar-refractivity contribution in [1.82, 2.24) is 5.16 Å². The summed E-state index contributed by atoms with van der Waals surface area (Å²) < 4.78 is 4.53. The number of phenols is 2. The van der Waals surface area contributed by atoms with Crippen molar-refractivity contribution in [2.75, 3.05) is 0 Å². The molecule has 0 aliphatic rings. The van der Waals surface area contributed by atoms with Crippen LogP contribution in [0.25, 0.3) is 11.3 Å². The maximum absolute atomic E-state index is 10.6. The summed E-state index contributed by atoms with van der Waals surface area (Å²) in [5.74, 6) is -2.26. The molecule has 1 heterocycles. The lowest BCUT2D eigenvalue weighted by Crippen LogP contribution is -1.91. The normalized spacial score (nSPS) is 10.2. The van der Waals surface area contributed by atoms with Crippen LogP contribution in [0.5, 0.6) is 11.5 Å². The molecule has 0 unspecified atom stereocenters. The van der Waals surface area contributed by atoms with E-state index in [9.17, 15) is 15.0 Å². The van der Waals surface area contributed by atoms with Crippen LogP contribution in [0.3, 0.4) is 0 Å². The monoisotopic (exact) mass is 221 g/mol. The first-order valence-corrected chi connectivity index (χ1v) is 4.31. The van der Waals surface area contributed by atoms with Crippen LogP contribution in [-0.2, 0) is 0 Å². The van der Waals surface area contributed by atoms with Gasteiger partial charge in [0.25, 0.3) is 0 Å². The van der Waals surface area contributed by atoms with Gasteiger partial charge in [-0.1, -0.05) is 11.2 Å². The van der Waals surface area contributed by atoms with Gasteiger partial charge in [-0.2, -0.15) is 0 Å². The highest BCUT2D eigenvalue weighted by atomic mass is 16.5. The SMILES string of the molecule is O=C(O)c1cc(-c2cccc(O)c2O)no1. The Bertz CT molecular complexity index is 546. The van der Waals surface area contributed by atoms with Gasteiger partial charge in [-0.3, -0.25) is 0 Å². The van der Waals surface area contributed by atoms with Crippen LogP contribution in [0.2, 0.25) is 0 Å². The second kappa shape index (κ2) is 3.58. The zero-order valence-electron chi connectivity index (χ0n) is 7.91. The van der Waals surface area contributed by atoms with Gasteiger partial charge in [-0.25, -0.2) is 4.79 Å². The van der Waals surface area contributed by atoms with Gasteiger partial charge in [-0.05, 0) is 12.1 Å². The fourth-order valence-electron chi connectivity index (χ4n) is 1.24. The Kier molecular flexibility index (Phi) is 2.24. The number of carbonyl (C=O) groups is 1. The largest absolute Gasteiger partial charge is 0.504 e. The number of benzene rings is 1. The molecule has 1 aromatic carbocycles. The molecule has 2 rings (SSSR count). The Morgan fingerprint density at radius 3 is 2.69 bits per heavy atom. The Hall–Kier alpha value is -2.50. The highest BCUT2D eigenvalue weighted by Gasteiger charge is 2.16. The van der Waals surface area contributed by atoms with E-state index in [0.717, 1.165) is 6.07 Å². The van der Waals surface area contributed by atoms with Crippen LogP contribution in [0, 0.1) is 0 Å². The lowest BCUT2D eigenvalue weighted by atomic mass is 10.1. The zero-order valence-corrected chi connectivity index (χ0v) is 7.91. The molecule has 1 aromatic heterocycles. The lowest BCUT2D eigenvalue weighted by Gasteiger charge is -2.01. The number of rotatable bonds is 2. The number of aromatic hydroxyl groups is 2. The molecule has 0 aliphatic carbocycles. The maximum Gasteiger partial charge on any atom is 0.374 e. The minimum atomic E-state index is -1.25. The van der Waals surface area contributed by atoms with Crippen molar-refractivity contribution < 1.29 is 24.6 Å². The van der Waals surface area contributed by atoms with Gasteiger partial charge in [0.05, 0.1) is 0 Å². The minimum Gasteiger partial charge on any atom is -0.504 e. The smallest absolute Gasteiger partial charge is 0.374 e. The average molecular weight is 221 g/mol. The first kappa shape index (κ1) is 10.0. The van der Waals surface area contributed by atoms with E-state index in [-0.39, 0.29) is 28.5 Å². The molecule has 0 aliphatic heterocycles. The van der Waals surface area contributed by atoms with Crippen LogP contribution >= 0.6 is 0 Å². The summed E-state index contributed by atoms with van der Waals surface area (Å²) in [6, 6.07) is 5.45. The van der Waals surface area contributed by atoms with Gasteiger partial charge in [0.2, 0.25) is 5.76 Å². The molecular weight excluding hydrogens is 214 g/mol. The van der Waals surface area contributed by atoms with Crippen LogP contribution in [0.15, 0.2) is 28.8 Å². The first-order valence-electron chi connectivity index (χ1n) is 4.31. The molecule has 6 heteroatoms. The van der Waals surface area contributed by atoms with E-state index < -0.39 is 5.97 Å². The van der Waals surface area contributed by atoms with Gasteiger partial charge in [-0.15, -0.1) is 0 Å². The topological polar surface area (TPSA) is 104 Å². The second-order valence-electron chi connectivity index (χ2n) is 3.05. The zero-order chi connectivity index (χ0) is 11.7. The third kappa shape index (κ3) is 1.56. The number of hydrogen-bond donors (Lipinski definition) is 3. The Morgan fingerprint density at radius 1 is 1.31 bits per heavy atom. The molecule has 6 nitrogen and oxygen atoms in total. The van der Waals surface area contributed by atoms with E-state index in [1.807, 2.05) is 0 Å². The van der Waals surface area contributed by atoms with Crippen LogP contribution in [-0.4, -0.2) is 26.4 Å².